The summed E-state index contributed by atoms with van der Waals surface area (Å²) in [5.74, 6) is 1.62. The van der Waals surface area contributed by atoms with Crippen LogP contribution in [0.15, 0.2) is 23.0 Å². The summed E-state index contributed by atoms with van der Waals surface area (Å²) in [7, 11) is 0. The third-order valence-corrected chi connectivity index (χ3v) is 4.57. The topological polar surface area (TPSA) is 37.8 Å². The first-order chi connectivity index (χ1) is 9.86. The summed E-state index contributed by atoms with van der Waals surface area (Å²) in [6.45, 7) is 4.46. The van der Waals surface area contributed by atoms with Gasteiger partial charge in [-0.1, -0.05) is 6.92 Å². The fourth-order valence-electron chi connectivity index (χ4n) is 2.77. The van der Waals surface area contributed by atoms with Crippen molar-refractivity contribution >= 4 is 11.3 Å². The van der Waals surface area contributed by atoms with Crippen LogP contribution in [0.2, 0.25) is 0 Å². The van der Waals surface area contributed by atoms with Gasteiger partial charge in [0.05, 0.1) is 0 Å². The largest absolute Gasteiger partial charge is 0.316 e. The lowest BCUT2D eigenvalue weighted by Gasteiger charge is -2.24. The van der Waals surface area contributed by atoms with Crippen molar-refractivity contribution in [3.63, 3.8) is 0 Å². The molecule has 0 spiro atoms. The normalized spacial score (nSPS) is 17.9. The molecule has 20 heavy (non-hydrogen) atoms. The Balaban J connectivity index is 1.69. The molecule has 1 atom stereocenters. The maximum absolute atomic E-state index is 4.76. The number of aromatic nitrogens is 2. The number of hydrogen-bond acceptors (Lipinski definition) is 4. The molecule has 0 aromatic carbocycles. The van der Waals surface area contributed by atoms with Crippen LogP contribution in [0.4, 0.5) is 0 Å². The van der Waals surface area contributed by atoms with E-state index in [1.807, 2.05) is 6.20 Å². The predicted molar refractivity (Wildman–Crippen MR) is 84.0 cm³/mol. The molecule has 0 saturated heterocycles. The second-order valence-corrected chi connectivity index (χ2v) is 6.27. The van der Waals surface area contributed by atoms with E-state index in [0.29, 0.717) is 0 Å². The minimum Gasteiger partial charge on any atom is -0.316 e. The van der Waals surface area contributed by atoms with Crippen molar-refractivity contribution in [1.82, 2.24) is 15.3 Å². The fraction of sp³-hybridized carbons (Fsp3) is 0.500. The lowest BCUT2D eigenvalue weighted by atomic mass is 9.87. The molecule has 0 bridgehead atoms. The molecule has 1 unspecified atom stereocenters. The van der Waals surface area contributed by atoms with Crippen molar-refractivity contribution in [2.75, 3.05) is 13.1 Å². The predicted octanol–water partition coefficient (Wildman–Crippen LogP) is 3.31. The first kappa shape index (κ1) is 13.7. The highest BCUT2D eigenvalue weighted by molar-refractivity contribution is 7.08. The van der Waals surface area contributed by atoms with Gasteiger partial charge in [-0.2, -0.15) is 11.3 Å². The Morgan fingerprint density at radius 2 is 2.40 bits per heavy atom. The van der Waals surface area contributed by atoms with Gasteiger partial charge in [0.2, 0.25) is 0 Å². The molecule has 0 radical (unpaired) electrons. The highest BCUT2D eigenvalue weighted by Gasteiger charge is 2.20. The van der Waals surface area contributed by atoms with E-state index in [1.54, 1.807) is 11.3 Å². The molecule has 0 saturated carbocycles. The maximum atomic E-state index is 4.76. The third-order valence-electron chi connectivity index (χ3n) is 3.89. The van der Waals surface area contributed by atoms with E-state index in [9.17, 15) is 0 Å². The zero-order valence-corrected chi connectivity index (χ0v) is 12.7. The van der Waals surface area contributed by atoms with Crippen LogP contribution in [0.1, 0.15) is 31.0 Å². The number of fused-ring (bicyclic) bond motifs is 1. The van der Waals surface area contributed by atoms with E-state index in [-0.39, 0.29) is 0 Å². The number of hydrogen-bond donors (Lipinski definition) is 1. The highest BCUT2D eigenvalue weighted by atomic mass is 32.1. The quantitative estimate of drug-likeness (QED) is 0.857. The number of aryl methyl sites for hydroxylation is 1. The average Bonchev–Trinajstić information content (AvgIpc) is 3.01. The van der Waals surface area contributed by atoms with Gasteiger partial charge in [0.15, 0.2) is 5.82 Å². The second-order valence-electron chi connectivity index (χ2n) is 5.49. The molecule has 1 N–H and O–H groups in total. The Morgan fingerprint density at radius 1 is 1.45 bits per heavy atom. The molecule has 0 aliphatic heterocycles. The number of nitrogens with zero attached hydrogens (tertiary/aromatic N) is 2. The first-order valence-electron chi connectivity index (χ1n) is 7.45. The van der Waals surface area contributed by atoms with Crippen molar-refractivity contribution in [3.8, 4) is 11.4 Å². The molecule has 3 nitrogen and oxygen atoms in total. The van der Waals surface area contributed by atoms with Crippen LogP contribution in [0.3, 0.4) is 0 Å². The second kappa shape index (κ2) is 6.46. The van der Waals surface area contributed by atoms with Crippen LogP contribution in [-0.4, -0.2) is 23.1 Å². The minimum atomic E-state index is 0.740. The summed E-state index contributed by atoms with van der Waals surface area (Å²) in [6, 6.07) is 2.09. The highest BCUT2D eigenvalue weighted by Crippen LogP contribution is 2.26. The molecule has 3 rings (SSSR count). The standard InChI is InChI=1S/C16H21N3S/c1-2-6-17-9-12-3-4-15-14(8-12)10-18-16(19-15)13-5-7-20-11-13/h5,7,10-12,17H,2-4,6,8-9H2,1H3. The van der Waals surface area contributed by atoms with Crippen LogP contribution in [-0.2, 0) is 12.8 Å². The molecule has 1 aliphatic carbocycles. The van der Waals surface area contributed by atoms with Crippen molar-refractivity contribution in [2.45, 2.75) is 32.6 Å². The molecule has 0 amide bonds. The zero-order valence-electron chi connectivity index (χ0n) is 11.9. The third kappa shape index (κ3) is 3.07. The summed E-state index contributed by atoms with van der Waals surface area (Å²) in [5.41, 5.74) is 3.75. The summed E-state index contributed by atoms with van der Waals surface area (Å²) in [6.07, 6.45) is 6.70. The summed E-state index contributed by atoms with van der Waals surface area (Å²) < 4.78 is 0. The molecular formula is C16H21N3S. The lowest BCUT2D eigenvalue weighted by molar-refractivity contribution is 0.420. The van der Waals surface area contributed by atoms with Crippen molar-refractivity contribution in [2.24, 2.45) is 5.92 Å². The van der Waals surface area contributed by atoms with Crippen molar-refractivity contribution in [3.05, 3.63) is 34.3 Å². The van der Waals surface area contributed by atoms with Gasteiger partial charge in [0.25, 0.3) is 0 Å². The Morgan fingerprint density at radius 3 is 3.20 bits per heavy atom. The van der Waals surface area contributed by atoms with Crippen LogP contribution < -0.4 is 5.32 Å². The van der Waals surface area contributed by atoms with E-state index >= 15 is 0 Å². The van der Waals surface area contributed by atoms with Crippen LogP contribution >= 0.6 is 11.3 Å². The zero-order chi connectivity index (χ0) is 13.8. The first-order valence-corrected chi connectivity index (χ1v) is 8.39. The van der Waals surface area contributed by atoms with E-state index in [0.717, 1.165) is 43.2 Å². The van der Waals surface area contributed by atoms with Gasteiger partial charge in [-0.15, -0.1) is 0 Å². The smallest absolute Gasteiger partial charge is 0.160 e. The van der Waals surface area contributed by atoms with Gasteiger partial charge < -0.3 is 5.32 Å². The van der Waals surface area contributed by atoms with Gasteiger partial charge >= 0.3 is 0 Å². The Hall–Kier alpha value is -1.26. The molecule has 2 aromatic rings. The van der Waals surface area contributed by atoms with E-state index in [2.05, 4.69) is 34.1 Å². The van der Waals surface area contributed by atoms with Crippen molar-refractivity contribution < 1.29 is 0 Å². The Bertz CT molecular complexity index is 551. The lowest BCUT2D eigenvalue weighted by Crippen LogP contribution is -2.28. The summed E-state index contributed by atoms with van der Waals surface area (Å²) >= 11 is 1.70. The molecule has 2 aromatic heterocycles. The van der Waals surface area contributed by atoms with Crippen molar-refractivity contribution in [1.29, 1.82) is 0 Å². The molecule has 4 heteroatoms. The number of rotatable bonds is 5. The van der Waals surface area contributed by atoms with Gasteiger partial charge in [-0.05, 0) is 61.7 Å². The van der Waals surface area contributed by atoms with E-state index in [4.69, 9.17) is 4.98 Å². The minimum absolute atomic E-state index is 0.740. The summed E-state index contributed by atoms with van der Waals surface area (Å²) in [5, 5.41) is 7.72. The molecule has 106 valence electrons. The molecular weight excluding hydrogens is 266 g/mol. The van der Waals surface area contributed by atoms with E-state index in [1.165, 1.54) is 24.1 Å². The Kier molecular flexibility index (Phi) is 4.43. The van der Waals surface area contributed by atoms with Crippen LogP contribution in [0.25, 0.3) is 11.4 Å². The van der Waals surface area contributed by atoms with E-state index < -0.39 is 0 Å². The van der Waals surface area contributed by atoms with Gasteiger partial charge in [-0.3, -0.25) is 0 Å². The summed E-state index contributed by atoms with van der Waals surface area (Å²) in [4.78, 5) is 9.30. The fourth-order valence-corrected chi connectivity index (χ4v) is 3.41. The van der Waals surface area contributed by atoms with Crippen LogP contribution in [0, 0.1) is 5.92 Å². The van der Waals surface area contributed by atoms with Gasteiger partial charge in [0, 0.05) is 22.8 Å². The molecule has 1 aliphatic rings. The number of thiophene rings is 1. The number of nitrogens with one attached hydrogen (secondary N) is 1. The monoisotopic (exact) mass is 287 g/mol. The average molecular weight is 287 g/mol. The Labute approximate surface area is 124 Å². The molecule has 0 fully saturated rings. The van der Waals surface area contributed by atoms with Crippen LogP contribution in [0.5, 0.6) is 0 Å². The maximum Gasteiger partial charge on any atom is 0.160 e. The SMILES string of the molecule is CCCNCC1CCc2nc(-c3ccsc3)ncc2C1. The molecule has 2 heterocycles. The van der Waals surface area contributed by atoms with Gasteiger partial charge in [0.1, 0.15) is 0 Å². The van der Waals surface area contributed by atoms with Gasteiger partial charge in [-0.25, -0.2) is 9.97 Å².